The molecule has 6 aliphatic rings. The van der Waals surface area contributed by atoms with Crippen molar-refractivity contribution in [3.63, 3.8) is 0 Å². The summed E-state index contributed by atoms with van der Waals surface area (Å²) in [7, 11) is 9.80. The molecule has 1 N–H and O–H groups in total. The van der Waals surface area contributed by atoms with Crippen LogP contribution in [0.3, 0.4) is 0 Å². The third-order valence-electron chi connectivity index (χ3n) is 21.6. The molecule has 16 unspecified atom stereocenters. The van der Waals surface area contributed by atoms with Crippen LogP contribution in [-0.2, 0) is 118 Å². The van der Waals surface area contributed by atoms with Gasteiger partial charge >= 0.3 is 35.8 Å². The monoisotopic (exact) mass is 1690 g/mol. The average Bonchev–Trinajstić information content (AvgIpc) is 0.753. The summed E-state index contributed by atoms with van der Waals surface area (Å²) in [4.78, 5) is 89.5. The van der Waals surface area contributed by atoms with Crippen LogP contribution < -0.4 is 0 Å². The van der Waals surface area contributed by atoms with Gasteiger partial charge in [-0.3, -0.25) is 0 Å². The van der Waals surface area contributed by atoms with Crippen LogP contribution in [0.25, 0.3) is 0 Å². The smallest absolute Gasteiger partial charge is 0.338 e. The fourth-order valence-electron chi connectivity index (χ4n) is 15.5. The van der Waals surface area contributed by atoms with Gasteiger partial charge in [0.05, 0.1) is 53.2 Å². The van der Waals surface area contributed by atoms with Crippen LogP contribution in [-0.4, -0.2) is 284 Å². The standard InChI is InChI=1S/C90H102O32/c1-9-10-46-105-48-60-65(69(99-3)74(102-6)85(97)109-60)120-87-75(103-7)70(100-4)64(59(110-87)47-98-2)119-88-76(104-8)71(101-5)66(61(111-88)49-106-79(91)52-32-18-11-19-33-52)121-89-78(117-84(96)57-42-28-16-29-43-57)73(115-82(94)55-38-24-14-25-39-55)68(62(112-89)50-107-80(92)53-34-20-12-21-35-53)122-90-77(116-83(95)56-40-26-15-27-41-56)72(114-81(93)54-36-22-13-23-37-54)67-63(113-90)51-108-86(118-67)58-44-30-17-31-45-58/h11-45,59-78,85-90,97H,9-10,46-51H2,1-8H3/t59?,60?,61?,62?,63?,64-,65-,66-,67-,68-,69?,70?,71?,72?,73?,74?,75?,76?,77?,78?,85-,86?,87+,88-,89+,90-/m1/s1. The number of hydrogen-bond donors (Lipinski definition) is 1. The van der Waals surface area contributed by atoms with Gasteiger partial charge in [-0.05, 0) is 79.2 Å². The Bertz CT molecular complexity index is 4400. The first-order chi connectivity index (χ1) is 59.6. The Morgan fingerprint density at radius 3 is 1.03 bits per heavy atom. The molecule has 6 fully saturated rings. The lowest BCUT2D eigenvalue weighted by molar-refractivity contribution is -0.400. The molecule has 7 aromatic carbocycles. The van der Waals surface area contributed by atoms with Crippen molar-refractivity contribution in [2.45, 2.75) is 180 Å². The summed E-state index contributed by atoms with van der Waals surface area (Å²) in [6, 6.07) is 56.4. The van der Waals surface area contributed by atoms with Crippen molar-refractivity contribution in [2.75, 3.05) is 89.4 Å². The van der Waals surface area contributed by atoms with Gasteiger partial charge in [0.15, 0.2) is 62.2 Å². The number of fused-ring (bicyclic) bond motifs is 1. The van der Waals surface area contributed by atoms with Gasteiger partial charge in [-0.15, -0.1) is 0 Å². The minimum absolute atomic E-state index is 0.0175. The van der Waals surface area contributed by atoms with Crippen molar-refractivity contribution >= 4 is 35.8 Å². The van der Waals surface area contributed by atoms with Crippen molar-refractivity contribution < 1.29 is 152 Å². The minimum Gasteiger partial charge on any atom is -0.459 e. The number of aliphatic hydroxyl groups is 1. The van der Waals surface area contributed by atoms with Gasteiger partial charge < -0.3 is 124 Å². The predicted molar refractivity (Wildman–Crippen MR) is 423 cm³/mol. The number of rotatable bonds is 36. The molecule has 122 heavy (non-hydrogen) atoms. The van der Waals surface area contributed by atoms with Gasteiger partial charge in [0.25, 0.3) is 0 Å². The van der Waals surface area contributed by atoms with Crippen molar-refractivity contribution in [1.82, 2.24) is 0 Å². The molecule has 13 rings (SSSR count). The number of carbonyl (C=O) groups excluding carboxylic acids is 6. The fraction of sp³-hybridized carbons (Fsp3) is 0.467. The fourth-order valence-corrected chi connectivity index (χ4v) is 15.5. The second-order valence-corrected chi connectivity index (χ2v) is 29.3. The summed E-state index contributed by atoms with van der Waals surface area (Å²) in [5.41, 5.74) is 0.873. The lowest BCUT2D eigenvalue weighted by Gasteiger charge is -2.52. The number of carbonyl (C=O) groups is 6. The van der Waals surface area contributed by atoms with Crippen LogP contribution >= 0.6 is 0 Å². The van der Waals surface area contributed by atoms with E-state index in [-0.39, 0.29) is 53.2 Å². The maximum Gasteiger partial charge on any atom is 0.338 e. The van der Waals surface area contributed by atoms with Gasteiger partial charge in [-0.1, -0.05) is 153 Å². The van der Waals surface area contributed by atoms with Crippen molar-refractivity contribution in [3.8, 4) is 0 Å². The van der Waals surface area contributed by atoms with Crippen LogP contribution in [0.5, 0.6) is 0 Å². The van der Waals surface area contributed by atoms with E-state index < -0.39 is 209 Å². The first-order valence-electron chi connectivity index (χ1n) is 40.2. The van der Waals surface area contributed by atoms with Gasteiger partial charge in [-0.25, -0.2) is 28.8 Å². The lowest BCUT2D eigenvalue weighted by Crippen LogP contribution is -2.69. The number of ether oxygens (including phenoxy) is 25. The Morgan fingerprint density at radius 2 is 0.648 bits per heavy atom. The largest absolute Gasteiger partial charge is 0.459 e. The quantitative estimate of drug-likeness (QED) is 0.0219. The molecule has 0 aromatic heterocycles. The molecule has 6 saturated heterocycles. The van der Waals surface area contributed by atoms with E-state index in [2.05, 4.69) is 0 Å². The summed E-state index contributed by atoms with van der Waals surface area (Å²) >= 11 is 0. The molecule has 654 valence electrons. The average molecular weight is 1700 g/mol. The maximum atomic E-state index is 15.4. The molecular weight excluding hydrogens is 1590 g/mol. The van der Waals surface area contributed by atoms with Crippen molar-refractivity contribution in [2.24, 2.45) is 0 Å². The molecule has 6 aliphatic heterocycles. The number of esters is 6. The zero-order valence-corrected chi connectivity index (χ0v) is 68.5. The van der Waals surface area contributed by atoms with Gasteiger partial charge in [-0.2, -0.15) is 0 Å². The first kappa shape index (κ1) is 90.3. The Hall–Kier alpha value is -9.44. The van der Waals surface area contributed by atoms with Crippen LogP contribution in [0, 0.1) is 0 Å². The molecule has 26 atom stereocenters. The normalized spacial score (nSPS) is 31.4. The molecule has 0 saturated carbocycles. The summed E-state index contributed by atoms with van der Waals surface area (Å²) in [5, 5.41) is 11.2. The van der Waals surface area contributed by atoms with E-state index >= 15 is 9.59 Å². The van der Waals surface area contributed by atoms with Gasteiger partial charge in [0.1, 0.15) is 111 Å². The summed E-state index contributed by atoms with van der Waals surface area (Å²) in [5.74, 6) is -5.63. The molecule has 6 heterocycles. The van der Waals surface area contributed by atoms with E-state index in [1.807, 2.05) is 13.0 Å². The van der Waals surface area contributed by atoms with Gasteiger partial charge in [0.2, 0.25) is 0 Å². The molecule has 0 amide bonds. The maximum absolute atomic E-state index is 15.4. The van der Waals surface area contributed by atoms with E-state index in [9.17, 15) is 24.3 Å². The van der Waals surface area contributed by atoms with Crippen LogP contribution in [0.15, 0.2) is 212 Å². The zero-order chi connectivity index (χ0) is 85.6. The minimum atomic E-state index is -2.07. The number of benzene rings is 7. The SMILES string of the molecule is CCCCOCC1O[C@@H](O)C(OC)C(OC)[C@@H]1O[C@@H]1OC(COC)[C@@H](O[C@H]2OC(COC(=O)c3ccccc3)[C@@H](O[C@@H]3OC(COC(=O)c4ccccc4)[C@@H](O[C@H]4OC5COC(c6ccccc6)O[C@H]5C(OC(=O)c5ccccc5)C4OC(=O)c4ccccc4)C(OC(=O)c4ccccc4)C3OC(=O)c3ccccc3)C(OC)C2OC)C(OC)C1OC. The Labute approximate surface area is 705 Å². The molecule has 0 bridgehead atoms. The summed E-state index contributed by atoms with van der Waals surface area (Å²) in [6.07, 6.45) is -36.4. The molecule has 32 heteroatoms. The molecule has 0 radical (unpaired) electrons. The zero-order valence-electron chi connectivity index (χ0n) is 68.5. The number of hydrogen-bond acceptors (Lipinski definition) is 32. The van der Waals surface area contributed by atoms with Crippen LogP contribution in [0.1, 0.15) is 93.8 Å². The highest BCUT2D eigenvalue weighted by molar-refractivity contribution is 5.92. The van der Waals surface area contributed by atoms with Gasteiger partial charge in [0, 0.05) is 61.9 Å². The van der Waals surface area contributed by atoms with Crippen molar-refractivity contribution in [3.05, 3.63) is 251 Å². The number of methoxy groups -OCH3 is 7. The summed E-state index contributed by atoms with van der Waals surface area (Å²) in [6.45, 7) is 0.446. The molecule has 7 aromatic rings. The highest BCUT2D eigenvalue weighted by Gasteiger charge is 2.62. The Balaban J connectivity index is 0.911. The highest BCUT2D eigenvalue weighted by atomic mass is 16.8. The Morgan fingerprint density at radius 1 is 0.328 bits per heavy atom. The Kier molecular flexibility index (Phi) is 32.7. The van der Waals surface area contributed by atoms with E-state index in [1.165, 1.54) is 123 Å². The first-order valence-corrected chi connectivity index (χ1v) is 40.2. The predicted octanol–water partition coefficient (Wildman–Crippen LogP) is 8.43. The second kappa shape index (κ2) is 44.2. The van der Waals surface area contributed by atoms with Crippen LogP contribution in [0.2, 0.25) is 0 Å². The number of unbranched alkanes of at least 4 members (excludes halogenated alkanes) is 1. The van der Waals surface area contributed by atoms with Crippen molar-refractivity contribution in [1.29, 1.82) is 0 Å². The van der Waals surface area contributed by atoms with E-state index in [1.54, 1.807) is 133 Å². The molecule has 0 aliphatic carbocycles. The summed E-state index contributed by atoms with van der Waals surface area (Å²) < 4.78 is 164. The lowest BCUT2D eigenvalue weighted by atomic mass is 9.94. The van der Waals surface area contributed by atoms with E-state index in [0.29, 0.717) is 12.2 Å². The number of aliphatic hydroxyl groups excluding tert-OH is 1. The van der Waals surface area contributed by atoms with E-state index in [4.69, 9.17) is 118 Å². The third kappa shape index (κ3) is 21.8. The second-order valence-electron chi connectivity index (χ2n) is 29.3. The van der Waals surface area contributed by atoms with Crippen LogP contribution in [0.4, 0.5) is 0 Å². The molecular formula is C90H102O32. The highest BCUT2D eigenvalue weighted by Crippen LogP contribution is 2.43. The van der Waals surface area contributed by atoms with E-state index in [0.717, 1.165) is 12.8 Å². The third-order valence-corrected chi connectivity index (χ3v) is 21.6. The molecule has 32 nitrogen and oxygen atoms in total. The topological polar surface area (TPSA) is 353 Å². The molecule has 0 spiro atoms.